The Morgan fingerprint density at radius 2 is 2.16 bits per heavy atom. The number of carboxylic acid groups (broad SMARTS) is 1. The first-order valence-electron chi connectivity index (χ1n) is 7.31. The summed E-state index contributed by atoms with van der Waals surface area (Å²) in [7, 11) is -0.0220. The Kier molecular flexibility index (Phi) is 5.25. The Bertz CT molecular complexity index is 422. The van der Waals surface area contributed by atoms with Crippen molar-refractivity contribution in [1.82, 2.24) is 0 Å². The Labute approximate surface area is 118 Å². The van der Waals surface area contributed by atoms with Gasteiger partial charge in [0, 0.05) is 22.1 Å². The number of aryl methyl sites for hydroxylation is 2. The summed E-state index contributed by atoms with van der Waals surface area (Å²) < 4.78 is 0. The largest absolute Gasteiger partial charge is 0.465 e. The number of amides is 1. The minimum absolute atomic E-state index is 0.0220. The van der Waals surface area contributed by atoms with E-state index in [0.29, 0.717) is 0 Å². The maximum absolute atomic E-state index is 10.9. The molecule has 1 atom stereocenters. The summed E-state index contributed by atoms with van der Waals surface area (Å²) in [6, 6.07) is 2.14. The molecule has 0 aliphatic heterocycles. The first-order valence-corrected chi connectivity index (χ1v) is 8.77. The van der Waals surface area contributed by atoms with Gasteiger partial charge < -0.3 is 5.11 Å². The van der Waals surface area contributed by atoms with E-state index in [1.807, 2.05) is 0 Å². The van der Waals surface area contributed by atoms with Gasteiger partial charge in [-0.25, -0.2) is 10.1 Å². The fourth-order valence-corrected chi connectivity index (χ4v) is 4.66. The number of anilines is 1. The minimum atomic E-state index is -0.931. The fraction of sp³-hybridized carbons (Fsp3) is 0.667. The van der Waals surface area contributed by atoms with Crippen molar-refractivity contribution < 1.29 is 9.90 Å². The molecule has 0 saturated heterocycles. The van der Waals surface area contributed by atoms with Crippen LogP contribution >= 0.6 is 10.5 Å². The summed E-state index contributed by atoms with van der Waals surface area (Å²) >= 11 is 0. The molecule has 2 N–H and O–H groups in total. The van der Waals surface area contributed by atoms with Gasteiger partial charge in [-0.1, -0.05) is 32.1 Å². The number of thiophene rings is 1. The molecule has 1 aliphatic rings. The normalized spacial score (nSPS) is 17.4. The summed E-state index contributed by atoms with van der Waals surface area (Å²) in [4.78, 5) is 10.9. The molecule has 3 nitrogen and oxygen atoms in total. The Balaban J connectivity index is 1.98. The first-order chi connectivity index (χ1) is 9.20. The topological polar surface area (TPSA) is 49.3 Å². The first kappa shape index (κ1) is 14.4. The van der Waals surface area contributed by atoms with Gasteiger partial charge in [-0.2, -0.15) is 0 Å². The molecule has 1 heterocycles. The van der Waals surface area contributed by atoms with Crippen LogP contribution in [0.15, 0.2) is 11.4 Å². The number of hydrogen-bond acceptors (Lipinski definition) is 1. The molecule has 1 fully saturated rings. The Morgan fingerprint density at radius 3 is 2.79 bits per heavy atom. The Morgan fingerprint density at radius 1 is 1.42 bits per heavy atom. The summed E-state index contributed by atoms with van der Waals surface area (Å²) in [6.45, 7) is 2.11. The molecule has 0 bridgehead atoms. The predicted molar refractivity (Wildman–Crippen MR) is 81.1 cm³/mol. The average molecular weight is 282 g/mol. The van der Waals surface area contributed by atoms with E-state index in [0.717, 1.165) is 23.1 Å². The standard InChI is InChI=1S/C15H23NO2S/c1-2-19-11-10-13(14(19)16-15(17)18)9-8-12-6-4-3-5-7-12/h10-12,16H,2-9H2,1H3/p+1. The third kappa shape index (κ3) is 3.96. The number of rotatable bonds is 5. The van der Waals surface area contributed by atoms with Crippen LogP contribution in [0.4, 0.5) is 9.80 Å². The van der Waals surface area contributed by atoms with Gasteiger partial charge in [0.2, 0.25) is 0 Å². The van der Waals surface area contributed by atoms with E-state index in [1.165, 1.54) is 44.1 Å². The Hall–Kier alpha value is -1.03. The quantitative estimate of drug-likeness (QED) is 0.742. The summed E-state index contributed by atoms with van der Waals surface area (Å²) in [5.41, 5.74) is 1.22. The van der Waals surface area contributed by atoms with Gasteiger partial charge in [0.15, 0.2) is 0 Å². The second-order valence-electron chi connectivity index (χ2n) is 5.35. The molecule has 0 aromatic carbocycles. The molecular formula is C15H24NO2S+. The van der Waals surface area contributed by atoms with Crippen LogP contribution in [-0.2, 0) is 12.2 Å². The van der Waals surface area contributed by atoms with E-state index in [2.05, 4.69) is 23.7 Å². The van der Waals surface area contributed by atoms with Crippen LogP contribution in [0.25, 0.3) is 0 Å². The summed E-state index contributed by atoms with van der Waals surface area (Å²) in [5, 5.41) is 14.7. The van der Waals surface area contributed by atoms with Gasteiger partial charge in [0.05, 0.1) is 0 Å². The third-order valence-corrected chi connectivity index (χ3v) is 6.04. The van der Waals surface area contributed by atoms with Gasteiger partial charge in [-0.3, -0.25) is 0 Å². The SMILES string of the molecule is CC[s+]1ccc(CCC2CCCCC2)c1NC(=O)O. The summed E-state index contributed by atoms with van der Waals surface area (Å²) in [6.07, 6.45) is 8.17. The molecule has 0 radical (unpaired) electrons. The highest BCUT2D eigenvalue weighted by Gasteiger charge is 2.21. The smallest absolute Gasteiger partial charge is 0.412 e. The predicted octanol–water partition coefficient (Wildman–Crippen LogP) is 5.06. The van der Waals surface area contributed by atoms with E-state index in [4.69, 9.17) is 5.11 Å². The zero-order valence-electron chi connectivity index (χ0n) is 11.7. The van der Waals surface area contributed by atoms with Crippen LogP contribution in [0.3, 0.4) is 0 Å². The van der Waals surface area contributed by atoms with E-state index >= 15 is 0 Å². The van der Waals surface area contributed by atoms with E-state index in [1.54, 1.807) is 0 Å². The molecule has 106 valence electrons. The zero-order chi connectivity index (χ0) is 13.7. The van der Waals surface area contributed by atoms with Gasteiger partial charge in [-0.15, -0.1) is 0 Å². The molecule has 0 spiro atoms. The third-order valence-electron chi connectivity index (χ3n) is 4.07. The van der Waals surface area contributed by atoms with Gasteiger partial charge in [0.25, 0.3) is 5.00 Å². The van der Waals surface area contributed by atoms with Gasteiger partial charge in [0.1, 0.15) is 11.1 Å². The maximum Gasteiger partial charge on any atom is 0.412 e. The molecule has 1 aromatic rings. The van der Waals surface area contributed by atoms with Crippen LogP contribution < -0.4 is 5.32 Å². The van der Waals surface area contributed by atoms with Crippen molar-refractivity contribution in [2.45, 2.75) is 57.6 Å². The molecule has 2 rings (SSSR count). The van der Waals surface area contributed by atoms with Gasteiger partial charge >= 0.3 is 6.09 Å². The molecule has 1 saturated carbocycles. The lowest BCUT2D eigenvalue weighted by Gasteiger charge is -2.20. The lowest BCUT2D eigenvalue weighted by atomic mass is 9.85. The van der Waals surface area contributed by atoms with Crippen molar-refractivity contribution in [3.8, 4) is 0 Å². The second kappa shape index (κ2) is 6.94. The zero-order valence-corrected chi connectivity index (χ0v) is 12.5. The van der Waals surface area contributed by atoms with Crippen LogP contribution in [0.2, 0.25) is 0 Å². The maximum atomic E-state index is 10.9. The van der Waals surface area contributed by atoms with Crippen LogP contribution in [0.1, 0.15) is 51.0 Å². The van der Waals surface area contributed by atoms with Crippen molar-refractivity contribution in [2.75, 3.05) is 5.32 Å². The van der Waals surface area contributed by atoms with Crippen LogP contribution in [0, 0.1) is 5.92 Å². The fourth-order valence-electron chi connectivity index (χ4n) is 2.99. The highest BCUT2D eigenvalue weighted by Crippen LogP contribution is 2.37. The highest BCUT2D eigenvalue weighted by atomic mass is 32.2. The van der Waals surface area contributed by atoms with Crippen LogP contribution in [0.5, 0.6) is 0 Å². The number of nitrogens with one attached hydrogen (secondary N) is 1. The number of carbonyl (C=O) groups is 1. The molecule has 1 aromatic heterocycles. The molecule has 1 aliphatic carbocycles. The van der Waals surface area contributed by atoms with E-state index in [-0.39, 0.29) is 10.5 Å². The lowest BCUT2D eigenvalue weighted by molar-refractivity contribution is 0.210. The number of hydrogen-bond donors (Lipinski definition) is 2. The van der Waals surface area contributed by atoms with Crippen molar-refractivity contribution in [2.24, 2.45) is 5.92 Å². The highest BCUT2D eigenvalue weighted by molar-refractivity contribution is 7.33. The van der Waals surface area contributed by atoms with Crippen molar-refractivity contribution in [1.29, 1.82) is 0 Å². The molecule has 4 heteroatoms. The van der Waals surface area contributed by atoms with Crippen molar-refractivity contribution in [3.05, 3.63) is 17.0 Å². The summed E-state index contributed by atoms with van der Waals surface area (Å²) in [5.74, 6) is 1.84. The monoisotopic (exact) mass is 282 g/mol. The lowest BCUT2D eigenvalue weighted by Crippen LogP contribution is -2.10. The molecular weight excluding hydrogens is 258 g/mol. The van der Waals surface area contributed by atoms with Gasteiger partial charge in [-0.05, 0) is 25.7 Å². The van der Waals surface area contributed by atoms with E-state index < -0.39 is 6.09 Å². The van der Waals surface area contributed by atoms with E-state index in [9.17, 15) is 4.79 Å². The average Bonchev–Trinajstić information content (AvgIpc) is 2.79. The second-order valence-corrected chi connectivity index (χ2v) is 7.46. The molecule has 1 unspecified atom stereocenters. The molecule has 19 heavy (non-hydrogen) atoms. The van der Waals surface area contributed by atoms with Crippen molar-refractivity contribution >= 4 is 21.6 Å². The van der Waals surface area contributed by atoms with Crippen molar-refractivity contribution in [3.63, 3.8) is 0 Å². The molecule has 1 amide bonds. The van der Waals surface area contributed by atoms with Crippen LogP contribution in [-0.4, -0.2) is 11.2 Å². The minimum Gasteiger partial charge on any atom is -0.465 e.